The Kier molecular flexibility index (Phi) is 4.57. The van der Waals surface area contributed by atoms with Crippen molar-refractivity contribution in [2.45, 2.75) is 33.6 Å². The van der Waals surface area contributed by atoms with Gasteiger partial charge in [0, 0.05) is 29.4 Å². The number of nitrogens with zero attached hydrogens (tertiary/aromatic N) is 2. The molecule has 0 aliphatic rings. The molecule has 112 valence electrons. The maximum Gasteiger partial charge on any atom is 0.272 e. The van der Waals surface area contributed by atoms with Crippen LogP contribution in [0.4, 0.5) is 11.4 Å². The van der Waals surface area contributed by atoms with Crippen LogP contribution in [-0.2, 0) is 6.42 Å². The Balaban J connectivity index is 1.87. The van der Waals surface area contributed by atoms with Gasteiger partial charge < -0.3 is 9.84 Å². The van der Waals surface area contributed by atoms with Crippen LogP contribution in [0.25, 0.3) is 0 Å². The largest absolute Gasteiger partial charge is 0.385 e. The number of aryl methyl sites for hydroxylation is 3. The lowest BCUT2D eigenvalue weighted by atomic mass is 10.1. The minimum atomic E-state index is -0.365. The number of benzene rings is 1. The lowest BCUT2D eigenvalue weighted by Gasteiger charge is -2.07. The van der Waals surface area contributed by atoms with Gasteiger partial charge in [-0.2, -0.15) is 0 Å². The van der Waals surface area contributed by atoms with Crippen molar-refractivity contribution < 1.29 is 9.45 Å². The highest BCUT2D eigenvalue weighted by atomic mass is 16.6. The second-order valence-corrected chi connectivity index (χ2v) is 5.09. The molecule has 1 aromatic carbocycles. The molecule has 0 atom stereocenters. The van der Waals surface area contributed by atoms with Crippen molar-refractivity contribution in [1.82, 2.24) is 5.16 Å². The zero-order valence-corrected chi connectivity index (χ0v) is 12.5. The van der Waals surface area contributed by atoms with Gasteiger partial charge in [-0.25, -0.2) is 0 Å². The first-order valence-corrected chi connectivity index (χ1v) is 6.89. The number of rotatable bonds is 6. The summed E-state index contributed by atoms with van der Waals surface area (Å²) >= 11 is 0. The van der Waals surface area contributed by atoms with E-state index in [0.717, 1.165) is 42.1 Å². The molecule has 0 aliphatic carbocycles. The molecule has 6 nitrogen and oxygen atoms in total. The Labute approximate surface area is 123 Å². The molecule has 0 radical (unpaired) electrons. The van der Waals surface area contributed by atoms with E-state index in [1.54, 1.807) is 19.1 Å². The Hall–Kier alpha value is -2.37. The Morgan fingerprint density at radius 2 is 2.10 bits per heavy atom. The predicted molar refractivity (Wildman–Crippen MR) is 80.6 cm³/mol. The molecule has 0 unspecified atom stereocenters. The van der Waals surface area contributed by atoms with Crippen LogP contribution < -0.4 is 5.32 Å². The number of anilines is 1. The molecule has 2 rings (SSSR count). The predicted octanol–water partition coefficient (Wildman–Crippen LogP) is 3.55. The van der Waals surface area contributed by atoms with Crippen LogP contribution in [-0.4, -0.2) is 16.6 Å². The van der Waals surface area contributed by atoms with E-state index in [2.05, 4.69) is 10.5 Å². The molecule has 0 bridgehead atoms. The molecule has 21 heavy (non-hydrogen) atoms. The van der Waals surface area contributed by atoms with E-state index < -0.39 is 0 Å². The number of nitrogens with one attached hydrogen (secondary N) is 1. The quantitative estimate of drug-likeness (QED) is 0.499. The summed E-state index contributed by atoms with van der Waals surface area (Å²) in [6.07, 6.45) is 1.85. The highest BCUT2D eigenvalue weighted by Gasteiger charge is 2.10. The van der Waals surface area contributed by atoms with Crippen molar-refractivity contribution in [3.05, 3.63) is 50.9 Å². The Morgan fingerprint density at radius 1 is 1.33 bits per heavy atom. The van der Waals surface area contributed by atoms with Crippen molar-refractivity contribution in [1.29, 1.82) is 0 Å². The summed E-state index contributed by atoms with van der Waals surface area (Å²) in [6, 6.07) is 5.07. The first-order valence-electron chi connectivity index (χ1n) is 6.89. The van der Waals surface area contributed by atoms with E-state index in [-0.39, 0.29) is 10.6 Å². The van der Waals surface area contributed by atoms with Crippen molar-refractivity contribution in [2.75, 3.05) is 11.9 Å². The molecule has 6 heteroatoms. The Bertz CT molecular complexity index is 630. The summed E-state index contributed by atoms with van der Waals surface area (Å²) in [5.74, 6) is 0.874. The summed E-state index contributed by atoms with van der Waals surface area (Å²) in [6.45, 7) is 6.40. The van der Waals surface area contributed by atoms with Gasteiger partial charge in [0.2, 0.25) is 0 Å². The molecule has 1 heterocycles. The molecule has 1 aromatic heterocycles. The smallest absolute Gasteiger partial charge is 0.272 e. The van der Waals surface area contributed by atoms with E-state index in [4.69, 9.17) is 4.52 Å². The van der Waals surface area contributed by atoms with E-state index in [1.807, 2.05) is 13.8 Å². The van der Waals surface area contributed by atoms with Gasteiger partial charge >= 0.3 is 0 Å². The molecule has 0 spiro atoms. The van der Waals surface area contributed by atoms with Gasteiger partial charge in [-0.15, -0.1) is 0 Å². The van der Waals surface area contributed by atoms with Gasteiger partial charge in [-0.1, -0.05) is 5.16 Å². The molecule has 0 amide bonds. The van der Waals surface area contributed by atoms with Crippen LogP contribution in [0, 0.1) is 30.9 Å². The Morgan fingerprint density at radius 3 is 2.67 bits per heavy atom. The van der Waals surface area contributed by atoms with Gasteiger partial charge in [-0.05, 0) is 45.7 Å². The maximum atomic E-state index is 10.8. The highest BCUT2D eigenvalue weighted by Crippen LogP contribution is 2.21. The SMILES string of the molecule is Cc1cc(NCCCc2c(C)noc2C)ccc1[N+](=O)[O-]. The fraction of sp³-hybridized carbons (Fsp3) is 0.400. The van der Waals surface area contributed by atoms with E-state index in [9.17, 15) is 10.1 Å². The molecule has 2 aromatic rings. The zero-order valence-electron chi connectivity index (χ0n) is 12.5. The number of aromatic nitrogens is 1. The third-order valence-corrected chi connectivity index (χ3v) is 3.51. The minimum absolute atomic E-state index is 0.149. The van der Waals surface area contributed by atoms with Crippen molar-refractivity contribution in [2.24, 2.45) is 0 Å². The molecule has 0 aliphatic heterocycles. The van der Waals surface area contributed by atoms with Gasteiger partial charge in [0.1, 0.15) is 5.76 Å². The lowest BCUT2D eigenvalue weighted by Crippen LogP contribution is -2.04. The normalized spacial score (nSPS) is 10.6. The van der Waals surface area contributed by atoms with Gasteiger partial charge in [0.05, 0.1) is 10.6 Å². The topological polar surface area (TPSA) is 81.2 Å². The fourth-order valence-corrected chi connectivity index (χ4v) is 2.33. The first-order chi connectivity index (χ1) is 9.99. The average molecular weight is 289 g/mol. The second kappa shape index (κ2) is 6.39. The standard InChI is InChI=1S/C15H19N3O3/c1-10-9-13(6-7-15(10)18(19)20)16-8-4-5-14-11(2)17-21-12(14)3/h6-7,9,16H,4-5,8H2,1-3H3. The van der Waals surface area contributed by atoms with Crippen molar-refractivity contribution in [3.63, 3.8) is 0 Å². The number of nitro groups is 1. The molecule has 0 saturated heterocycles. The molecular weight excluding hydrogens is 270 g/mol. The monoisotopic (exact) mass is 289 g/mol. The van der Waals surface area contributed by atoms with E-state index in [0.29, 0.717) is 5.56 Å². The highest BCUT2D eigenvalue weighted by molar-refractivity contribution is 5.53. The average Bonchev–Trinajstić information content (AvgIpc) is 2.74. The van der Waals surface area contributed by atoms with E-state index in [1.165, 1.54) is 6.07 Å². The number of hydrogen-bond donors (Lipinski definition) is 1. The van der Waals surface area contributed by atoms with Crippen LogP contribution in [0.5, 0.6) is 0 Å². The van der Waals surface area contributed by atoms with Crippen LogP contribution in [0.1, 0.15) is 29.0 Å². The summed E-state index contributed by atoms with van der Waals surface area (Å²) in [4.78, 5) is 10.4. The van der Waals surface area contributed by atoms with Gasteiger partial charge in [0.15, 0.2) is 0 Å². The molecule has 0 saturated carbocycles. The summed E-state index contributed by atoms with van der Waals surface area (Å²) in [5, 5.41) is 18.0. The lowest BCUT2D eigenvalue weighted by molar-refractivity contribution is -0.385. The van der Waals surface area contributed by atoms with Gasteiger partial charge in [0.25, 0.3) is 5.69 Å². The number of hydrogen-bond acceptors (Lipinski definition) is 5. The first kappa shape index (κ1) is 15.0. The van der Waals surface area contributed by atoms with Crippen molar-refractivity contribution >= 4 is 11.4 Å². The van der Waals surface area contributed by atoms with Gasteiger partial charge in [-0.3, -0.25) is 10.1 Å². The number of nitro benzene ring substituents is 1. The van der Waals surface area contributed by atoms with Crippen molar-refractivity contribution in [3.8, 4) is 0 Å². The summed E-state index contributed by atoms with van der Waals surface area (Å²) in [7, 11) is 0. The summed E-state index contributed by atoms with van der Waals surface area (Å²) < 4.78 is 5.13. The molecule has 0 fully saturated rings. The van der Waals surface area contributed by atoms with Crippen LogP contribution in [0.2, 0.25) is 0 Å². The third kappa shape index (κ3) is 3.59. The second-order valence-electron chi connectivity index (χ2n) is 5.09. The van der Waals surface area contributed by atoms with Crippen LogP contribution >= 0.6 is 0 Å². The zero-order chi connectivity index (χ0) is 15.4. The third-order valence-electron chi connectivity index (χ3n) is 3.51. The molecular formula is C15H19N3O3. The van der Waals surface area contributed by atoms with E-state index >= 15 is 0 Å². The van der Waals surface area contributed by atoms with Crippen LogP contribution in [0.15, 0.2) is 22.7 Å². The van der Waals surface area contributed by atoms with Crippen LogP contribution in [0.3, 0.4) is 0 Å². The fourth-order valence-electron chi connectivity index (χ4n) is 2.33. The summed E-state index contributed by atoms with van der Waals surface area (Å²) in [5.41, 5.74) is 3.82. The maximum absolute atomic E-state index is 10.8. The minimum Gasteiger partial charge on any atom is -0.385 e. The molecule has 1 N–H and O–H groups in total.